The van der Waals surface area contributed by atoms with Gasteiger partial charge >= 0.3 is 0 Å². The summed E-state index contributed by atoms with van der Waals surface area (Å²) >= 11 is 12.0. The molecule has 28 heavy (non-hydrogen) atoms. The lowest BCUT2D eigenvalue weighted by molar-refractivity contribution is -0.117. The molecule has 0 bridgehead atoms. The number of carbonyl (C=O) groups is 2. The summed E-state index contributed by atoms with van der Waals surface area (Å²) in [5, 5.41) is 1.77. The Bertz CT molecular complexity index is 1010. The Kier molecular flexibility index (Phi) is 5.78. The molecule has 0 spiro atoms. The van der Waals surface area contributed by atoms with Crippen molar-refractivity contribution in [2.45, 2.75) is 0 Å². The maximum absolute atomic E-state index is 12.7. The van der Waals surface area contributed by atoms with E-state index >= 15 is 0 Å². The van der Waals surface area contributed by atoms with Gasteiger partial charge in [0.25, 0.3) is 11.8 Å². The Morgan fingerprint density at radius 3 is 2.50 bits per heavy atom. The van der Waals surface area contributed by atoms with Crippen molar-refractivity contribution in [3.8, 4) is 23.8 Å². The first kappa shape index (κ1) is 19.6. The molecule has 142 valence electrons. The Balaban J connectivity index is 1.91. The molecule has 3 rings (SSSR count). The first-order chi connectivity index (χ1) is 13.4. The van der Waals surface area contributed by atoms with Crippen LogP contribution in [0.25, 0.3) is 6.08 Å². The van der Waals surface area contributed by atoms with Gasteiger partial charge in [0.15, 0.2) is 11.5 Å². The number of anilines is 1. The number of carbonyl (C=O) groups excluding carboxylic acids is 2. The van der Waals surface area contributed by atoms with Gasteiger partial charge in [0.2, 0.25) is 0 Å². The van der Waals surface area contributed by atoms with Gasteiger partial charge in [-0.15, -0.1) is 6.42 Å². The summed E-state index contributed by atoms with van der Waals surface area (Å²) in [5.41, 5.74) is 3.38. The van der Waals surface area contributed by atoms with E-state index in [1.165, 1.54) is 31.4 Å². The van der Waals surface area contributed by atoms with Crippen LogP contribution < -0.4 is 19.9 Å². The molecule has 0 atom stereocenters. The number of nitrogens with zero attached hydrogens (tertiary/aromatic N) is 1. The van der Waals surface area contributed by atoms with Crippen LogP contribution in [0.1, 0.15) is 5.56 Å². The third-order valence-electron chi connectivity index (χ3n) is 3.81. The number of methoxy groups -OCH3 is 1. The van der Waals surface area contributed by atoms with E-state index < -0.39 is 11.8 Å². The summed E-state index contributed by atoms with van der Waals surface area (Å²) in [6.07, 6.45) is 6.64. The van der Waals surface area contributed by atoms with E-state index in [1.54, 1.807) is 18.2 Å². The third kappa shape index (κ3) is 4.06. The van der Waals surface area contributed by atoms with Gasteiger partial charge in [0, 0.05) is 10.0 Å². The summed E-state index contributed by atoms with van der Waals surface area (Å²) in [6, 6.07) is 9.54. The fraction of sp³-hybridized carbons (Fsp3) is 0.100. The molecule has 8 heteroatoms. The summed E-state index contributed by atoms with van der Waals surface area (Å²) in [5.74, 6) is 2.17. The molecule has 2 aromatic rings. The molecule has 1 N–H and O–H groups in total. The zero-order valence-electron chi connectivity index (χ0n) is 14.7. The highest BCUT2D eigenvalue weighted by atomic mass is 35.5. The van der Waals surface area contributed by atoms with Crippen molar-refractivity contribution in [3.63, 3.8) is 0 Å². The maximum atomic E-state index is 12.7. The standard InChI is InChI=1S/C20H14Cl2N2O4/c1-3-6-28-17-5-4-12(8-18(17)27-2)7-16-19(25)23-24(20(16)26)15-10-13(21)9-14(22)11-15/h1,4-5,7-11H,6H2,2H3,(H,23,25)/b16-7-. The molecule has 2 aromatic carbocycles. The summed E-state index contributed by atoms with van der Waals surface area (Å²) in [7, 11) is 1.48. The van der Waals surface area contributed by atoms with Gasteiger partial charge in [0.05, 0.1) is 12.8 Å². The lowest BCUT2D eigenvalue weighted by Crippen LogP contribution is -2.35. The van der Waals surface area contributed by atoms with Gasteiger partial charge < -0.3 is 9.47 Å². The number of amides is 2. The minimum Gasteiger partial charge on any atom is -0.493 e. The Morgan fingerprint density at radius 2 is 1.86 bits per heavy atom. The smallest absolute Gasteiger partial charge is 0.282 e. The van der Waals surface area contributed by atoms with E-state index in [2.05, 4.69) is 11.3 Å². The molecule has 0 unspecified atom stereocenters. The number of rotatable bonds is 5. The van der Waals surface area contributed by atoms with Crippen molar-refractivity contribution in [2.24, 2.45) is 0 Å². The molecule has 1 saturated heterocycles. The second-order valence-corrected chi connectivity index (χ2v) is 6.54. The predicted molar refractivity (Wildman–Crippen MR) is 107 cm³/mol. The van der Waals surface area contributed by atoms with Gasteiger partial charge in [-0.3, -0.25) is 15.0 Å². The molecular weight excluding hydrogens is 403 g/mol. The average molecular weight is 417 g/mol. The average Bonchev–Trinajstić information content (AvgIpc) is 2.94. The van der Waals surface area contributed by atoms with Crippen LogP contribution in [0.2, 0.25) is 10.0 Å². The number of ether oxygens (including phenoxy) is 2. The van der Waals surface area contributed by atoms with Crippen molar-refractivity contribution < 1.29 is 19.1 Å². The van der Waals surface area contributed by atoms with E-state index in [-0.39, 0.29) is 12.2 Å². The highest BCUT2D eigenvalue weighted by molar-refractivity contribution is 6.36. The third-order valence-corrected chi connectivity index (χ3v) is 4.24. The van der Waals surface area contributed by atoms with Gasteiger partial charge in [-0.1, -0.05) is 35.2 Å². The molecule has 0 radical (unpaired) electrons. The quantitative estimate of drug-likeness (QED) is 0.460. The van der Waals surface area contributed by atoms with Crippen LogP contribution in [0.15, 0.2) is 42.0 Å². The van der Waals surface area contributed by atoms with Gasteiger partial charge in [-0.25, -0.2) is 5.01 Å². The molecule has 1 aliphatic rings. The summed E-state index contributed by atoms with van der Waals surface area (Å²) in [6.45, 7) is 0.0921. The van der Waals surface area contributed by atoms with Crippen molar-refractivity contribution in [1.82, 2.24) is 5.43 Å². The Morgan fingerprint density at radius 1 is 1.14 bits per heavy atom. The lowest BCUT2D eigenvalue weighted by Gasteiger charge is -2.15. The summed E-state index contributed by atoms with van der Waals surface area (Å²) < 4.78 is 10.7. The minimum atomic E-state index is -0.548. The lowest BCUT2D eigenvalue weighted by atomic mass is 10.1. The minimum absolute atomic E-state index is 0.0459. The second kappa shape index (κ2) is 8.26. The maximum Gasteiger partial charge on any atom is 0.282 e. The SMILES string of the molecule is C#CCOc1ccc(/C=C2/C(=O)NN(c3cc(Cl)cc(Cl)c3)C2=O)cc1OC. The second-order valence-electron chi connectivity index (χ2n) is 5.67. The number of nitrogens with one attached hydrogen (secondary N) is 1. The van der Waals surface area contributed by atoms with Crippen LogP contribution >= 0.6 is 23.2 Å². The molecule has 1 heterocycles. The number of halogens is 2. The van der Waals surface area contributed by atoms with Crippen molar-refractivity contribution >= 4 is 46.8 Å². The largest absolute Gasteiger partial charge is 0.493 e. The van der Waals surface area contributed by atoms with Crippen LogP contribution in [-0.2, 0) is 9.59 Å². The van der Waals surface area contributed by atoms with Crippen LogP contribution in [-0.4, -0.2) is 25.5 Å². The zero-order valence-corrected chi connectivity index (χ0v) is 16.2. The first-order valence-corrected chi connectivity index (χ1v) is 8.76. The number of hydrogen-bond donors (Lipinski definition) is 1. The van der Waals surface area contributed by atoms with Crippen LogP contribution in [0.5, 0.6) is 11.5 Å². The van der Waals surface area contributed by atoms with Gasteiger partial charge in [-0.2, -0.15) is 0 Å². The van der Waals surface area contributed by atoms with E-state index in [4.69, 9.17) is 39.1 Å². The van der Waals surface area contributed by atoms with Crippen LogP contribution in [0, 0.1) is 12.3 Å². The van der Waals surface area contributed by atoms with Crippen LogP contribution in [0.4, 0.5) is 5.69 Å². The fourth-order valence-electron chi connectivity index (χ4n) is 2.59. The predicted octanol–water partition coefficient (Wildman–Crippen LogP) is 3.48. The number of terminal acetylenes is 1. The van der Waals surface area contributed by atoms with E-state index in [0.29, 0.717) is 32.8 Å². The van der Waals surface area contributed by atoms with E-state index in [0.717, 1.165) is 5.01 Å². The molecule has 0 saturated carbocycles. The van der Waals surface area contributed by atoms with Crippen molar-refractivity contribution in [1.29, 1.82) is 0 Å². The highest BCUT2D eigenvalue weighted by Gasteiger charge is 2.34. The molecule has 2 amide bonds. The number of hydrogen-bond acceptors (Lipinski definition) is 4. The van der Waals surface area contributed by atoms with E-state index in [1.807, 2.05) is 0 Å². The number of benzene rings is 2. The van der Waals surface area contributed by atoms with Crippen LogP contribution in [0.3, 0.4) is 0 Å². The fourth-order valence-corrected chi connectivity index (χ4v) is 3.10. The zero-order chi connectivity index (χ0) is 20.3. The van der Waals surface area contributed by atoms with Gasteiger partial charge in [-0.05, 0) is 42.0 Å². The molecule has 1 fully saturated rings. The molecule has 0 aliphatic carbocycles. The molecular formula is C20H14Cl2N2O4. The molecule has 6 nitrogen and oxygen atoms in total. The van der Waals surface area contributed by atoms with E-state index in [9.17, 15) is 9.59 Å². The normalized spacial score (nSPS) is 14.8. The van der Waals surface area contributed by atoms with Crippen molar-refractivity contribution in [3.05, 3.63) is 57.6 Å². The van der Waals surface area contributed by atoms with Gasteiger partial charge in [0.1, 0.15) is 12.2 Å². The summed E-state index contributed by atoms with van der Waals surface area (Å²) in [4.78, 5) is 25.0. The highest BCUT2D eigenvalue weighted by Crippen LogP contribution is 2.31. The Labute approximate surface area is 171 Å². The van der Waals surface area contributed by atoms with Crippen molar-refractivity contribution in [2.75, 3.05) is 18.7 Å². The number of hydrazine groups is 1. The topological polar surface area (TPSA) is 67.9 Å². The first-order valence-electron chi connectivity index (χ1n) is 8.00. The molecule has 0 aromatic heterocycles. The molecule has 1 aliphatic heterocycles. The monoisotopic (exact) mass is 416 g/mol. The Hall–Kier alpha value is -3.14.